The van der Waals surface area contributed by atoms with Crippen molar-refractivity contribution in [3.63, 3.8) is 0 Å². The number of furan rings is 1. The van der Waals surface area contributed by atoms with E-state index in [1.54, 1.807) is 19.4 Å². The van der Waals surface area contributed by atoms with Gasteiger partial charge in [-0.05, 0) is 13.0 Å². The number of thiazole rings is 1. The molecular formula is C14H14N4O3S2. The predicted octanol–water partition coefficient (Wildman–Crippen LogP) is 3.37. The van der Waals surface area contributed by atoms with Crippen LogP contribution in [0.3, 0.4) is 0 Å². The average molecular weight is 350 g/mol. The van der Waals surface area contributed by atoms with Crippen molar-refractivity contribution in [2.75, 3.05) is 11.9 Å². The van der Waals surface area contributed by atoms with Crippen LogP contribution in [-0.2, 0) is 10.5 Å². The molecule has 0 bridgehead atoms. The lowest BCUT2D eigenvalue weighted by atomic mass is 10.3. The fraction of sp³-hybridized carbons (Fsp3) is 0.286. The largest absolute Gasteiger partial charge is 0.469 e. The molecule has 0 aliphatic heterocycles. The van der Waals surface area contributed by atoms with E-state index in [0.29, 0.717) is 22.0 Å². The van der Waals surface area contributed by atoms with Gasteiger partial charge in [-0.25, -0.2) is 4.98 Å². The van der Waals surface area contributed by atoms with Crippen molar-refractivity contribution in [1.82, 2.24) is 15.2 Å². The lowest BCUT2D eigenvalue weighted by Gasteiger charge is -2.09. The molecule has 3 heterocycles. The molecule has 120 valence electrons. The molecule has 0 N–H and O–H groups in total. The molecule has 23 heavy (non-hydrogen) atoms. The van der Waals surface area contributed by atoms with Gasteiger partial charge in [-0.2, -0.15) is 0 Å². The highest BCUT2D eigenvalue weighted by Gasteiger charge is 2.15. The van der Waals surface area contributed by atoms with Crippen LogP contribution >= 0.6 is 23.1 Å². The molecule has 0 aliphatic rings. The van der Waals surface area contributed by atoms with Gasteiger partial charge >= 0.3 is 0 Å². The number of aryl methyl sites for hydroxylation is 1. The first-order chi connectivity index (χ1) is 11.0. The van der Waals surface area contributed by atoms with Crippen molar-refractivity contribution in [2.45, 2.75) is 24.8 Å². The monoisotopic (exact) mass is 350 g/mol. The zero-order valence-corrected chi connectivity index (χ0v) is 14.4. The molecule has 7 nitrogen and oxygen atoms in total. The van der Waals surface area contributed by atoms with Crippen LogP contribution in [-0.4, -0.2) is 28.1 Å². The van der Waals surface area contributed by atoms with Crippen molar-refractivity contribution >= 4 is 34.1 Å². The Balaban J connectivity index is 1.64. The zero-order chi connectivity index (χ0) is 16.4. The number of hydrogen-bond donors (Lipinski definition) is 0. The summed E-state index contributed by atoms with van der Waals surface area (Å²) in [5.74, 6) is 1.72. The Labute approximate surface area is 140 Å². The van der Waals surface area contributed by atoms with Gasteiger partial charge in [-0.1, -0.05) is 11.8 Å². The van der Waals surface area contributed by atoms with E-state index in [9.17, 15) is 4.79 Å². The second-order valence-corrected chi connectivity index (χ2v) is 6.51. The molecule has 0 atom stereocenters. The van der Waals surface area contributed by atoms with E-state index in [2.05, 4.69) is 15.2 Å². The molecule has 0 spiro atoms. The molecule has 0 radical (unpaired) electrons. The lowest BCUT2D eigenvalue weighted by Crippen LogP contribution is -2.22. The van der Waals surface area contributed by atoms with Crippen molar-refractivity contribution in [1.29, 1.82) is 0 Å². The Hall–Kier alpha value is -2.13. The van der Waals surface area contributed by atoms with Gasteiger partial charge in [0.1, 0.15) is 5.76 Å². The van der Waals surface area contributed by atoms with E-state index in [4.69, 9.17) is 8.83 Å². The fourth-order valence-electron chi connectivity index (χ4n) is 1.77. The second-order valence-electron chi connectivity index (χ2n) is 4.75. The molecule has 0 unspecified atom stereocenters. The first-order valence-corrected chi connectivity index (χ1v) is 8.60. The Kier molecular flexibility index (Phi) is 4.49. The number of hydrogen-bond acceptors (Lipinski definition) is 8. The summed E-state index contributed by atoms with van der Waals surface area (Å²) in [5.41, 5.74) is 1.66. The molecule has 0 saturated carbocycles. The van der Waals surface area contributed by atoms with Crippen molar-refractivity contribution in [3.05, 3.63) is 29.2 Å². The van der Waals surface area contributed by atoms with Gasteiger partial charge in [0.25, 0.3) is 11.1 Å². The van der Waals surface area contributed by atoms with Gasteiger partial charge in [-0.3, -0.25) is 9.69 Å². The zero-order valence-electron chi connectivity index (χ0n) is 12.8. The number of aromatic nitrogens is 3. The van der Waals surface area contributed by atoms with Crippen LogP contribution in [0.15, 0.2) is 31.8 Å². The highest BCUT2D eigenvalue weighted by Crippen LogP contribution is 2.29. The van der Waals surface area contributed by atoms with Crippen LogP contribution in [0.5, 0.6) is 0 Å². The van der Waals surface area contributed by atoms with Crippen LogP contribution in [0.25, 0.3) is 11.5 Å². The van der Waals surface area contributed by atoms with Crippen LogP contribution in [0, 0.1) is 6.92 Å². The molecule has 0 saturated heterocycles. The van der Waals surface area contributed by atoms with Crippen LogP contribution in [0.2, 0.25) is 0 Å². The summed E-state index contributed by atoms with van der Waals surface area (Å²) in [5, 5.41) is 11.1. The van der Waals surface area contributed by atoms with Crippen LogP contribution in [0.1, 0.15) is 18.4 Å². The predicted molar refractivity (Wildman–Crippen MR) is 87.5 cm³/mol. The maximum Gasteiger partial charge on any atom is 0.277 e. The molecule has 3 aromatic heterocycles. The van der Waals surface area contributed by atoms with Crippen molar-refractivity contribution in [2.24, 2.45) is 0 Å². The van der Waals surface area contributed by atoms with Gasteiger partial charge in [0.15, 0.2) is 5.13 Å². The summed E-state index contributed by atoms with van der Waals surface area (Å²) in [6, 6.07) is 1.79. The SMILES string of the molecule is CC(=O)N(C)c1nc(CSc2nnc(-c3ccoc3C)o2)cs1. The first kappa shape index (κ1) is 15.8. The van der Waals surface area contributed by atoms with E-state index < -0.39 is 0 Å². The highest BCUT2D eigenvalue weighted by atomic mass is 32.2. The van der Waals surface area contributed by atoms with Crippen LogP contribution < -0.4 is 4.90 Å². The van der Waals surface area contributed by atoms with Gasteiger partial charge in [-0.15, -0.1) is 21.5 Å². The number of amides is 1. The number of nitrogens with zero attached hydrogens (tertiary/aromatic N) is 4. The number of carbonyl (C=O) groups excluding carboxylic acids is 1. The maximum absolute atomic E-state index is 11.3. The standard InChI is InChI=1S/C14H14N4O3S2/c1-8-11(4-5-20-8)12-16-17-14(21-12)23-7-10-6-22-13(15-10)18(3)9(2)19/h4-6H,7H2,1-3H3. The van der Waals surface area contributed by atoms with E-state index in [-0.39, 0.29) is 5.91 Å². The molecule has 0 aromatic carbocycles. The Bertz CT molecular complexity index is 823. The summed E-state index contributed by atoms with van der Waals surface area (Å²) in [4.78, 5) is 17.3. The molecule has 9 heteroatoms. The smallest absolute Gasteiger partial charge is 0.277 e. The first-order valence-electron chi connectivity index (χ1n) is 6.74. The summed E-state index contributed by atoms with van der Waals surface area (Å²) < 4.78 is 10.8. The van der Waals surface area contributed by atoms with E-state index in [1.807, 2.05) is 12.3 Å². The Morgan fingerprint density at radius 3 is 2.96 bits per heavy atom. The maximum atomic E-state index is 11.3. The van der Waals surface area contributed by atoms with Gasteiger partial charge in [0.2, 0.25) is 5.91 Å². The van der Waals surface area contributed by atoms with E-state index in [0.717, 1.165) is 17.0 Å². The van der Waals surface area contributed by atoms with Gasteiger partial charge in [0.05, 0.1) is 17.5 Å². The summed E-state index contributed by atoms with van der Waals surface area (Å²) in [7, 11) is 1.70. The topological polar surface area (TPSA) is 85.3 Å². The number of carbonyl (C=O) groups is 1. The number of rotatable bonds is 5. The third-order valence-corrected chi connectivity index (χ3v) is 4.96. The summed E-state index contributed by atoms with van der Waals surface area (Å²) in [6.07, 6.45) is 1.59. The lowest BCUT2D eigenvalue weighted by molar-refractivity contribution is -0.116. The molecular weight excluding hydrogens is 336 g/mol. The fourth-order valence-corrected chi connectivity index (χ4v) is 3.37. The molecule has 1 amide bonds. The van der Waals surface area contributed by atoms with Gasteiger partial charge < -0.3 is 8.83 Å². The Morgan fingerprint density at radius 1 is 1.43 bits per heavy atom. The van der Waals surface area contributed by atoms with E-state index >= 15 is 0 Å². The van der Waals surface area contributed by atoms with Gasteiger partial charge in [0, 0.05) is 25.1 Å². The third kappa shape index (κ3) is 3.45. The second kappa shape index (κ2) is 6.55. The average Bonchev–Trinajstić information content (AvgIpc) is 3.24. The normalized spacial score (nSPS) is 10.9. The van der Waals surface area contributed by atoms with Crippen molar-refractivity contribution in [3.8, 4) is 11.5 Å². The molecule has 0 fully saturated rings. The Morgan fingerprint density at radius 2 is 2.26 bits per heavy atom. The van der Waals surface area contributed by atoms with Crippen LogP contribution in [0.4, 0.5) is 5.13 Å². The van der Waals surface area contributed by atoms with E-state index in [1.165, 1.54) is 34.9 Å². The molecule has 0 aliphatic carbocycles. The quantitative estimate of drug-likeness (QED) is 0.652. The molecule has 3 rings (SSSR count). The number of anilines is 1. The van der Waals surface area contributed by atoms with Crippen molar-refractivity contribution < 1.29 is 13.6 Å². The minimum absolute atomic E-state index is 0.0458. The minimum atomic E-state index is -0.0458. The third-order valence-electron chi connectivity index (χ3n) is 3.14. The molecule has 3 aromatic rings. The highest BCUT2D eigenvalue weighted by molar-refractivity contribution is 7.98. The summed E-state index contributed by atoms with van der Waals surface area (Å²) in [6.45, 7) is 3.35. The number of thioether (sulfide) groups is 1. The summed E-state index contributed by atoms with van der Waals surface area (Å²) >= 11 is 2.83. The minimum Gasteiger partial charge on any atom is -0.469 e.